The summed E-state index contributed by atoms with van der Waals surface area (Å²) in [6.07, 6.45) is 0. The number of nitrogens with one attached hydrogen (secondary N) is 1. The van der Waals surface area contributed by atoms with Gasteiger partial charge in [0.15, 0.2) is 0 Å². The molecule has 0 spiro atoms. The maximum atomic E-state index is 5.33. The van der Waals surface area contributed by atoms with Gasteiger partial charge in [-0.3, -0.25) is 0 Å². The molecule has 4 heteroatoms. The van der Waals surface area contributed by atoms with Crippen molar-refractivity contribution >= 4 is 16.7 Å². The molecule has 1 aromatic heterocycles. The van der Waals surface area contributed by atoms with Crippen molar-refractivity contribution < 1.29 is 4.74 Å². The molecule has 0 aliphatic heterocycles. The van der Waals surface area contributed by atoms with Crippen LogP contribution in [0.1, 0.15) is 0 Å². The summed E-state index contributed by atoms with van der Waals surface area (Å²) in [6.45, 7) is 2.55. The van der Waals surface area contributed by atoms with Crippen molar-refractivity contribution in [2.75, 3.05) is 31.6 Å². The Labute approximate surface area is 101 Å². The molecule has 0 amide bonds. The van der Waals surface area contributed by atoms with Gasteiger partial charge in [0.05, 0.1) is 18.7 Å². The molecule has 0 saturated heterocycles. The van der Waals surface area contributed by atoms with Crippen LogP contribution in [0.3, 0.4) is 0 Å². The number of nitrogens with two attached hydrogens (primary N) is 1. The van der Waals surface area contributed by atoms with Gasteiger partial charge in [-0.2, -0.15) is 0 Å². The highest BCUT2D eigenvalue weighted by Gasteiger charge is 1.96. The van der Waals surface area contributed by atoms with Gasteiger partial charge in [0.25, 0.3) is 0 Å². The molecule has 0 fully saturated rings. The van der Waals surface area contributed by atoms with Crippen molar-refractivity contribution in [1.29, 1.82) is 0 Å². The van der Waals surface area contributed by atoms with Crippen molar-refractivity contribution in [2.45, 2.75) is 0 Å². The van der Waals surface area contributed by atoms with Gasteiger partial charge in [0, 0.05) is 18.5 Å². The molecule has 0 atom stereocenters. The molecular weight excluding hydrogens is 214 g/mol. The van der Waals surface area contributed by atoms with Gasteiger partial charge in [-0.25, -0.2) is 4.98 Å². The van der Waals surface area contributed by atoms with Crippen LogP contribution in [0.15, 0.2) is 36.4 Å². The minimum absolute atomic E-state index is 0.564. The quantitative estimate of drug-likeness (QED) is 0.742. The third-order valence-corrected chi connectivity index (χ3v) is 2.41. The lowest BCUT2D eigenvalue weighted by Gasteiger charge is -2.06. The molecule has 3 N–H and O–H groups in total. The van der Waals surface area contributed by atoms with E-state index in [1.807, 2.05) is 24.3 Å². The van der Waals surface area contributed by atoms with Gasteiger partial charge in [-0.05, 0) is 18.2 Å². The van der Waals surface area contributed by atoms with E-state index in [1.165, 1.54) is 0 Å². The number of fused-ring (bicyclic) bond motifs is 1. The van der Waals surface area contributed by atoms with Crippen LogP contribution in [0.4, 0.5) is 5.82 Å². The Morgan fingerprint density at radius 2 is 2.00 bits per heavy atom. The molecule has 0 aliphatic rings. The van der Waals surface area contributed by atoms with Crippen molar-refractivity contribution in [2.24, 2.45) is 5.73 Å². The minimum atomic E-state index is 0.564. The second kappa shape index (κ2) is 6.18. The first kappa shape index (κ1) is 11.8. The zero-order chi connectivity index (χ0) is 11.9. The number of nitrogens with zero attached hydrogens (tertiary/aromatic N) is 1. The summed E-state index contributed by atoms with van der Waals surface area (Å²) in [4.78, 5) is 4.50. The summed E-state index contributed by atoms with van der Waals surface area (Å²) in [7, 11) is 0. The highest BCUT2D eigenvalue weighted by molar-refractivity contribution is 5.79. The van der Waals surface area contributed by atoms with E-state index in [4.69, 9.17) is 10.5 Å². The van der Waals surface area contributed by atoms with E-state index < -0.39 is 0 Å². The summed E-state index contributed by atoms with van der Waals surface area (Å²) in [5.41, 5.74) is 6.33. The van der Waals surface area contributed by atoms with Crippen LogP contribution in [-0.4, -0.2) is 31.3 Å². The van der Waals surface area contributed by atoms with E-state index in [1.54, 1.807) is 0 Å². The number of ether oxygens (including phenoxy) is 1. The predicted octanol–water partition coefficient (Wildman–Crippen LogP) is 1.62. The Kier molecular flexibility index (Phi) is 4.30. The Morgan fingerprint density at radius 3 is 2.88 bits per heavy atom. The van der Waals surface area contributed by atoms with E-state index in [0.717, 1.165) is 23.3 Å². The largest absolute Gasteiger partial charge is 0.378 e. The number of hydrogen-bond donors (Lipinski definition) is 2. The van der Waals surface area contributed by atoms with Crippen molar-refractivity contribution in [3.63, 3.8) is 0 Å². The molecule has 0 bridgehead atoms. The Morgan fingerprint density at radius 1 is 1.12 bits per heavy atom. The predicted molar refractivity (Wildman–Crippen MR) is 70.1 cm³/mol. The molecule has 0 radical (unpaired) electrons. The van der Waals surface area contributed by atoms with Crippen LogP contribution in [0.25, 0.3) is 10.9 Å². The fraction of sp³-hybridized carbons (Fsp3) is 0.308. The van der Waals surface area contributed by atoms with Gasteiger partial charge < -0.3 is 15.8 Å². The first-order valence-electron chi connectivity index (χ1n) is 5.77. The molecule has 2 aromatic rings. The maximum Gasteiger partial charge on any atom is 0.126 e. The van der Waals surface area contributed by atoms with E-state index in [-0.39, 0.29) is 0 Å². The van der Waals surface area contributed by atoms with Crippen molar-refractivity contribution in [3.8, 4) is 0 Å². The number of benzene rings is 1. The Hall–Kier alpha value is -1.65. The molecular formula is C13H17N3O. The van der Waals surface area contributed by atoms with Gasteiger partial charge in [0.1, 0.15) is 5.82 Å². The summed E-state index contributed by atoms with van der Waals surface area (Å²) in [5, 5.41) is 4.37. The highest BCUT2D eigenvalue weighted by atomic mass is 16.5. The highest BCUT2D eigenvalue weighted by Crippen LogP contribution is 2.13. The number of para-hydroxylation sites is 1. The van der Waals surface area contributed by atoms with E-state index in [0.29, 0.717) is 19.8 Å². The lowest BCUT2D eigenvalue weighted by molar-refractivity contribution is 0.151. The fourth-order valence-electron chi connectivity index (χ4n) is 1.60. The number of hydrogen-bond acceptors (Lipinski definition) is 4. The SMILES string of the molecule is NCCOCCNc1ccc2ccccc2n1. The third kappa shape index (κ3) is 3.41. The van der Waals surface area contributed by atoms with Crippen LogP contribution < -0.4 is 11.1 Å². The molecule has 4 nitrogen and oxygen atoms in total. The Balaban J connectivity index is 1.90. The third-order valence-electron chi connectivity index (χ3n) is 2.41. The van der Waals surface area contributed by atoms with Gasteiger partial charge in [-0.1, -0.05) is 18.2 Å². The molecule has 1 aromatic carbocycles. The first-order valence-corrected chi connectivity index (χ1v) is 5.77. The second-order valence-electron chi connectivity index (χ2n) is 3.72. The summed E-state index contributed by atoms with van der Waals surface area (Å²) >= 11 is 0. The van der Waals surface area contributed by atoms with Crippen LogP contribution in [-0.2, 0) is 4.74 Å². The van der Waals surface area contributed by atoms with Gasteiger partial charge in [-0.15, -0.1) is 0 Å². The molecule has 17 heavy (non-hydrogen) atoms. The first-order chi connectivity index (χ1) is 8.40. The van der Waals surface area contributed by atoms with Crippen LogP contribution >= 0.6 is 0 Å². The monoisotopic (exact) mass is 231 g/mol. The number of pyridine rings is 1. The fourth-order valence-corrected chi connectivity index (χ4v) is 1.60. The summed E-state index contributed by atoms with van der Waals surface area (Å²) in [6, 6.07) is 12.1. The standard InChI is InChI=1S/C13H17N3O/c14-7-9-17-10-8-15-13-6-5-11-3-1-2-4-12(11)16-13/h1-6H,7-10,14H2,(H,15,16). The van der Waals surface area contributed by atoms with Gasteiger partial charge >= 0.3 is 0 Å². The molecule has 0 unspecified atom stereocenters. The van der Waals surface area contributed by atoms with E-state index >= 15 is 0 Å². The lowest BCUT2D eigenvalue weighted by atomic mass is 10.2. The normalized spacial score (nSPS) is 10.6. The topological polar surface area (TPSA) is 60.2 Å². The number of aromatic nitrogens is 1. The van der Waals surface area contributed by atoms with Crippen LogP contribution in [0.5, 0.6) is 0 Å². The molecule has 2 rings (SSSR count). The second-order valence-corrected chi connectivity index (χ2v) is 3.72. The van der Waals surface area contributed by atoms with Crippen LogP contribution in [0, 0.1) is 0 Å². The van der Waals surface area contributed by atoms with Crippen molar-refractivity contribution in [1.82, 2.24) is 4.98 Å². The lowest BCUT2D eigenvalue weighted by Crippen LogP contribution is -2.14. The Bertz CT molecular complexity index is 473. The van der Waals surface area contributed by atoms with E-state index in [2.05, 4.69) is 22.4 Å². The smallest absolute Gasteiger partial charge is 0.126 e. The molecule has 1 heterocycles. The average Bonchev–Trinajstić information content (AvgIpc) is 2.38. The maximum absolute atomic E-state index is 5.33. The molecule has 0 saturated carbocycles. The number of anilines is 1. The average molecular weight is 231 g/mol. The zero-order valence-corrected chi connectivity index (χ0v) is 9.73. The molecule has 90 valence electrons. The molecule has 0 aliphatic carbocycles. The van der Waals surface area contributed by atoms with Crippen LogP contribution in [0.2, 0.25) is 0 Å². The zero-order valence-electron chi connectivity index (χ0n) is 9.73. The summed E-state index contributed by atoms with van der Waals surface area (Å²) < 4.78 is 5.28. The number of rotatable bonds is 6. The minimum Gasteiger partial charge on any atom is -0.378 e. The van der Waals surface area contributed by atoms with E-state index in [9.17, 15) is 0 Å². The van der Waals surface area contributed by atoms with Gasteiger partial charge in [0.2, 0.25) is 0 Å². The summed E-state index contributed by atoms with van der Waals surface area (Å²) in [5.74, 6) is 0.875. The van der Waals surface area contributed by atoms with Crippen molar-refractivity contribution in [3.05, 3.63) is 36.4 Å².